The van der Waals surface area contributed by atoms with Crippen LogP contribution in [0.4, 0.5) is 5.13 Å². The minimum Gasteiger partial charge on any atom is -0.496 e. The van der Waals surface area contributed by atoms with Gasteiger partial charge in [-0.2, -0.15) is 0 Å². The van der Waals surface area contributed by atoms with Gasteiger partial charge in [-0.1, -0.05) is 25.1 Å². The Kier molecular flexibility index (Phi) is 4.57. The van der Waals surface area contributed by atoms with Crippen LogP contribution in [-0.4, -0.2) is 18.0 Å². The highest BCUT2D eigenvalue weighted by Gasteiger charge is 2.18. The van der Waals surface area contributed by atoms with Gasteiger partial charge >= 0.3 is 0 Å². The van der Waals surface area contributed by atoms with Gasteiger partial charge in [0, 0.05) is 10.9 Å². The summed E-state index contributed by atoms with van der Waals surface area (Å²) in [5, 5.41) is 5.00. The van der Waals surface area contributed by atoms with Crippen LogP contribution in [0, 0.1) is 0 Å². The third kappa shape index (κ3) is 3.08. The maximum absolute atomic E-state index is 12.1. The maximum atomic E-state index is 12.1. The summed E-state index contributed by atoms with van der Waals surface area (Å²) in [5.74, 6) is 0.535. The van der Waals surface area contributed by atoms with Crippen LogP contribution in [0.15, 0.2) is 29.6 Å². The minimum absolute atomic E-state index is 0.124. The third-order valence-corrected chi connectivity index (χ3v) is 3.66. The Morgan fingerprint density at radius 2 is 2.25 bits per heavy atom. The van der Waals surface area contributed by atoms with Gasteiger partial charge in [-0.15, -0.1) is 11.3 Å². The fourth-order valence-electron chi connectivity index (χ4n) is 1.98. The standard InChI is InChI=1S/C14H17N3O2S/c1-3-10(9-6-4-5-7-12(9)19-2)16-13(18)11-8-20-14(15)17-11/h4-8,10H,3H2,1-2H3,(H2,15,17)(H,16,18). The number of nitrogen functional groups attached to an aromatic ring is 1. The zero-order chi connectivity index (χ0) is 14.5. The summed E-state index contributed by atoms with van der Waals surface area (Å²) in [5.41, 5.74) is 6.84. The molecule has 5 nitrogen and oxygen atoms in total. The molecule has 2 rings (SSSR count). The van der Waals surface area contributed by atoms with E-state index in [0.717, 1.165) is 17.7 Å². The first-order chi connectivity index (χ1) is 9.65. The number of para-hydroxylation sites is 1. The molecule has 1 atom stereocenters. The summed E-state index contributed by atoms with van der Waals surface area (Å²) >= 11 is 1.25. The average Bonchev–Trinajstić information content (AvgIpc) is 2.91. The van der Waals surface area contributed by atoms with Crippen LogP contribution in [-0.2, 0) is 0 Å². The molecule has 1 unspecified atom stereocenters. The van der Waals surface area contributed by atoms with E-state index in [1.54, 1.807) is 12.5 Å². The van der Waals surface area contributed by atoms with E-state index in [2.05, 4.69) is 10.3 Å². The van der Waals surface area contributed by atoms with Crippen molar-refractivity contribution in [3.63, 3.8) is 0 Å². The monoisotopic (exact) mass is 291 g/mol. The molecule has 3 N–H and O–H groups in total. The number of aromatic nitrogens is 1. The Balaban J connectivity index is 2.18. The number of nitrogens with one attached hydrogen (secondary N) is 1. The molecule has 0 spiro atoms. The lowest BCUT2D eigenvalue weighted by molar-refractivity contribution is 0.0931. The van der Waals surface area contributed by atoms with Crippen molar-refractivity contribution >= 4 is 22.4 Å². The van der Waals surface area contributed by atoms with Crippen molar-refractivity contribution in [3.05, 3.63) is 40.9 Å². The number of nitrogens with zero attached hydrogens (tertiary/aromatic N) is 1. The smallest absolute Gasteiger partial charge is 0.271 e. The van der Waals surface area contributed by atoms with Crippen LogP contribution in [0.3, 0.4) is 0 Å². The summed E-state index contributed by atoms with van der Waals surface area (Å²) < 4.78 is 5.33. The number of ether oxygens (including phenoxy) is 1. The van der Waals surface area contributed by atoms with Crippen LogP contribution in [0.1, 0.15) is 35.4 Å². The van der Waals surface area contributed by atoms with Crippen LogP contribution in [0.2, 0.25) is 0 Å². The van der Waals surface area contributed by atoms with Crippen molar-refractivity contribution in [1.82, 2.24) is 10.3 Å². The van der Waals surface area contributed by atoms with Gasteiger partial charge in [-0.25, -0.2) is 4.98 Å². The zero-order valence-electron chi connectivity index (χ0n) is 11.4. The van der Waals surface area contributed by atoms with Crippen molar-refractivity contribution in [2.45, 2.75) is 19.4 Å². The summed E-state index contributed by atoms with van der Waals surface area (Å²) in [6.45, 7) is 2.01. The Labute approximate surface area is 121 Å². The second kappa shape index (κ2) is 6.38. The number of hydrogen-bond acceptors (Lipinski definition) is 5. The van der Waals surface area contributed by atoms with E-state index >= 15 is 0 Å². The molecule has 1 aromatic carbocycles. The molecular weight excluding hydrogens is 274 g/mol. The molecule has 0 fully saturated rings. The van der Waals surface area contributed by atoms with Crippen LogP contribution >= 0.6 is 11.3 Å². The Morgan fingerprint density at radius 1 is 1.50 bits per heavy atom. The van der Waals surface area contributed by atoms with Gasteiger partial charge in [0.1, 0.15) is 11.4 Å². The van der Waals surface area contributed by atoms with Crippen molar-refractivity contribution in [3.8, 4) is 5.75 Å². The number of carbonyl (C=O) groups excluding carboxylic acids is 1. The highest BCUT2D eigenvalue weighted by Crippen LogP contribution is 2.27. The average molecular weight is 291 g/mol. The van der Waals surface area contributed by atoms with E-state index in [9.17, 15) is 4.79 Å². The molecule has 0 saturated carbocycles. The van der Waals surface area contributed by atoms with Gasteiger partial charge in [0.05, 0.1) is 13.2 Å². The number of thiazole rings is 1. The Bertz CT molecular complexity index is 598. The number of benzene rings is 1. The van der Waals surface area contributed by atoms with E-state index < -0.39 is 0 Å². The minimum atomic E-state index is -0.226. The van der Waals surface area contributed by atoms with Gasteiger partial charge in [0.15, 0.2) is 5.13 Å². The number of methoxy groups -OCH3 is 1. The first kappa shape index (κ1) is 14.3. The number of rotatable bonds is 5. The molecule has 1 amide bonds. The predicted molar refractivity (Wildman–Crippen MR) is 80.0 cm³/mol. The fraction of sp³-hybridized carbons (Fsp3) is 0.286. The topological polar surface area (TPSA) is 77.2 Å². The molecule has 20 heavy (non-hydrogen) atoms. The predicted octanol–water partition coefficient (Wildman–Crippen LogP) is 2.62. The molecule has 106 valence electrons. The van der Waals surface area contributed by atoms with Crippen molar-refractivity contribution in [2.24, 2.45) is 0 Å². The van der Waals surface area contributed by atoms with E-state index in [-0.39, 0.29) is 11.9 Å². The lowest BCUT2D eigenvalue weighted by atomic mass is 10.0. The van der Waals surface area contributed by atoms with Gasteiger partial charge in [0.2, 0.25) is 0 Å². The van der Waals surface area contributed by atoms with E-state index in [1.165, 1.54) is 11.3 Å². The molecule has 0 aliphatic heterocycles. The van der Waals surface area contributed by atoms with Crippen molar-refractivity contribution < 1.29 is 9.53 Å². The number of carbonyl (C=O) groups is 1. The SMILES string of the molecule is CCC(NC(=O)c1csc(N)n1)c1ccccc1OC. The molecule has 0 radical (unpaired) electrons. The second-order valence-corrected chi connectivity index (χ2v) is 5.14. The molecular formula is C14H17N3O2S. The highest BCUT2D eigenvalue weighted by atomic mass is 32.1. The highest BCUT2D eigenvalue weighted by molar-refractivity contribution is 7.13. The normalized spacial score (nSPS) is 11.9. The lowest BCUT2D eigenvalue weighted by Gasteiger charge is -2.19. The van der Waals surface area contributed by atoms with Gasteiger partial charge in [-0.05, 0) is 12.5 Å². The number of amides is 1. The summed E-state index contributed by atoms with van der Waals surface area (Å²) in [4.78, 5) is 16.1. The van der Waals surface area contributed by atoms with Crippen molar-refractivity contribution in [2.75, 3.05) is 12.8 Å². The molecule has 0 saturated heterocycles. The Hall–Kier alpha value is -2.08. The van der Waals surface area contributed by atoms with Gasteiger partial charge < -0.3 is 15.8 Å². The first-order valence-electron chi connectivity index (χ1n) is 6.30. The third-order valence-electron chi connectivity index (χ3n) is 2.98. The molecule has 6 heteroatoms. The van der Waals surface area contributed by atoms with Gasteiger partial charge in [-0.3, -0.25) is 4.79 Å². The number of hydrogen-bond donors (Lipinski definition) is 2. The molecule has 0 bridgehead atoms. The van der Waals surface area contributed by atoms with E-state index in [1.807, 2.05) is 31.2 Å². The molecule has 0 aliphatic carbocycles. The van der Waals surface area contributed by atoms with Crippen LogP contribution in [0.5, 0.6) is 5.75 Å². The molecule has 0 aliphatic rings. The van der Waals surface area contributed by atoms with Gasteiger partial charge in [0.25, 0.3) is 5.91 Å². The molecule has 2 aromatic rings. The first-order valence-corrected chi connectivity index (χ1v) is 7.18. The van der Waals surface area contributed by atoms with E-state index in [0.29, 0.717) is 10.8 Å². The van der Waals surface area contributed by atoms with Crippen molar-refractivity contribution in [1.29, 1.82) is 0 Å². The zero-order valence-corrected chi connectivity index (χ0v) is 12.2. The fourth-order valence-corrected chi connectivity index (χ4v) is 2.52. The Morgan fingerprint density at radius 3 is 2.85 bits per heavy atom. The summed E-state index contributed by atoms with van der Waals surface area (Å²) in [6.07, 6.45) is 0.756. The molecule has 1 aromatic heterocycles. The summed E-state index contributed by atoms with van der Waals surface area (Å²) in [7, 11) is 1.62. The quantitative estimate of drug-likeness (QED) is 0.887. The van der Waals surface area contributed by atoms with Crippen LogP contribution in [0.25, 0.3) is 0 Å². The largest absolute Gasteiger partial charge is 0.496 e. The number of nitrogens with two attached hydrogens (primary N) is 1. The maximum Gasteiger partial charge on any atom is 0.271 e. The number of anilines is 1. The lowest BCUT2D eigenvalue weighted by Crippen LogP contribution is -2.28. The summed E-state index contributed by atoms with van der Waals surface area (Å²) in [6, 6.07) is 7.53. The van der Waals surface area contributed by atoms with E-state index in [4.69, 9.17) is 10.5 Å². The molecule has 1 heterocycles. The second-order valence-electron chi connectivity index (χ2n) is 4.25. The van der Waals surface area contributed by atoms with Crippen LogP contribution < -0.4 is 15.8 Å².